The second kappa shape index (κ2) is 7.76. The highest BCUT2D eigenvalue weighted by Crippen LogP contribution is 2.62. The van der Waals surface area contributed by atoms with Crippen LogP contribution in [0.3, 0.4) is 0 Å². The number of fused-ring (bicyclic) bond motifs is 1. The molecule has 0 aromatic heterocycles. The fourth-order valence-corrected chi connectivity index (χ4v) is 5.65. The molecule has 2 saturated carbocycles. The van der Waals surface area contributed by atoms with E-state index in [9.17, 15) is 14.4 Å². The molecule has 2 fully saturated rings. The monoisotopic (exact) mass is 378 g/mol. The molecule has 0 radical (unpaired) electrons. The SMILES string of the molecule is C=C1C(=O)CC[C@@H]2[C@@](C)(CC[C@@H](C)CC(=O)O)[C@H](C)[C@@H](OC(C)=O)C[C@]12C. The van der Waals surface area contributed by atoms with E-state index < -0.39 is 5.97 Å². The maximum Gasteiger partial charge on any atom is 0.303 e. The van der Waals surface area contributed by atoms with E-state index in [1.54, 1.807) is 0 Å². The van der Waals surface area contributed by atoms with Crippen LogP contribution in [-0.2, 0) is 19.1 Å². The Morgan fingerprint density at radius 3 is 2.56 bits per heavy atom. The summed E-state index contributed by atoms with van der Waals surface area (Å²) in [5.74, 6) is -0.467. The first-order valence-electron chi connectivity index (χ1n) is 10.0. The fourth-order valence-electron chi connectivity index (χ4n) is 5.65. The van der Waals surface area contributed by atoms with Crippen molar-refractivity contribution in [2.45, 2.75) is 79.2 Å². The minimum atomic E-state index is -0.774. The molecule has 0 aliphatic heterocycles. The van der Waals surface area contributed by atoms with Crippen molar-refractivity contribution in [2.24, 2.45) is 28.6 Å². The molecule has 0 amide bonds. The van der Waals surface area contributed by atoms with Gasteiger partial charge in [-0.25, -0.2) is 0 Å². The van der Waals surface area contributed by atoms with Crippen LogP contribution in [0.5, 0.6) is 0 Å². The molecule has 6 atom stereocenters. The molecule has 0 aromatic carbocycles. The molecule has 0 saturated heterocycles. The Morgan fingerprint density at radius 2 is 2.00 bits per heavy atom. The smallest absolute Gasteiger partial charge is 0.303 e. The molecule has 27 heavy (non-hydrogen) atoms. The number of carboxylic acid groups (broad SMARTS) is 1. The van der Waals surface area contributed by atoms with Gasteiger partial charge in [0.05, 0.1) is 0 Å². The van der Waals surface area contributed by atoms with Crippen molar-refractivity contribution in [3.05, 3.63) is 12.2 Å². The molecule has 1 N–H and O–H groups in total. The van der Waals surface area contributed by atoms with Crippen LogP contribution < -0.4 is 0 Å². The number of rotatable bonds is 6. The zero-order valence-corrected chi connectivity index (χ0v) is 17.3. The van der Waals surface area contributed by atoms with Crippen molar-refractivity contribution >= 4 is 17.7 Å². The van der Waals surface area contributed by atoms with E-state index in [1.807, 2.05) is 6.92 Å². The van der Waals surface area contributed by atoms with Gasteiger partial charge < -0.3 is 9.84 Å². The molecule has 0 bridgehead atoms. The Bertz CT molecular complexity index is 639. The number of carbonyl (C=O) groups is 3. The molecule has 0 heterocycles. The summed E-state index contributed by atoms with van der Waals surface area (Å²) in [7, 11) is 0. The third-order valence-electron chi connectivity index (χ3n) is 7.49. The lowest BCUT2D eigenvalue weighted by Gasteiger charge is -2.60. The summed E-state index contributed by atoms with van der Waals surface area (Å²) >= 11 is 0. The number of esters is 1. The van der Waals surface area contributed by atoms with Crippen LogP contribution in [0, 0.1) is 28.6 Å². The maximum atomic E-state index is 12.4. The molecule has 2 aliphatic carbocycles. The molecule has 5 nitrogen and oxygen atoms in total. The average molecular weight is 379 g/mol. The van der Waals surface area contributed by atoms with Gasteiger partial charge in [0, 0.05) is 25.2 Å². The number of carboxylic acids is 1. The number of hydrogen-bond acceptors (Lipinski definition) is 4. The lowest BCUT2D eigenvalue weighted by Crippen LogP contribution is -2.57. The van der Waals surface area contributed by atoms with Gasteiger partial charge in [0.25, 0.3) is 0 Å². The van der Waals surface area contributed by atoms with Gasteiger partial charge >= 0.3 is 11.9 Å². The molecule has 5 heteroatoms. The van der Waals surface area contributed by atoms with Gasteiger partial charge in [-0.15, -0.1) is 0 Å². The first kappa shape index (κ1) is 21.6. The van der Waals surface area contributed by atoms with Crippen LogP contribution in [0.2, 0.25) is 0 Å². The Balaban J connectivity index is 2.35. The maximum absolute atomic E-state index is 12.4. The summed E-state index contributed by atoms with van der Waals surface area (Å²) < 4.78 is 5.68. The quantitative estimate of drug-likeness (QED) is 0.547. The predicted octanol–water partition coefficient (Wildman–Crippen LogP) is 4.40. The molecule has 0 unspecified atom stereocenters. The van der Waals surface area contributed by atoms with Gasteiger partial charge in [-0.05, 0) is 54.4 Å². The zero-order valence-electron chi connectivity index (χ0n) is 17.3. The zero-order chi connectivity index (χ0) is 20.6. The molecule has 2 aliphatic rings. The summed E-state index contributed by atoms with van der Waals surface area (Å²) in [5, 5.41) is 9.06. The van der Waals surface area contributed by atoms with E-state index in [0.29, 0.717) is 18.4 Å². The van der Waals surface area contributed by atoms with Crippen molar-refractivity contribution in [1.29, 1.82) is 0 Å². The number of ketones is 1. The van der Waals surface area contributed by atoms with E-state index in [2.05, 4.69) is 27.4 Å². The minimum absolute atomic E-state index is 0.0836. The number of allylic oxidation sites excluding steroid dienone is 1. The summed E-state index contributed by atoms with van der Waals surface area (Å²) in [6.45, 7) is 14.0. The lowest BCUT2D eigenvalue weighted by molar-refractivity contribution is -0.172. The van der Waals surface area contributed by atoms with E-state index in [1.165, 1.54) is 6.92 Å². The van der Waals surface area contributed by atoms with Gasteiger partial charge in [-0.3, -0.25) is 14.4 Å². The largest absolute Gasteiger partial charge is 0.481 e. The molecule has 0 spiro atoms. The van der Waals surface area contributed by atoms with E-state index in [4.69, 9.17) is 9.84 Å². The van der Waals surface area contributed by atoms with Crippen molar-refractivity contribution in [3.63, 3.8) is 0 Å². The second-order valence-electron chi connectivity index (χ2n) is 9.30. The fraction of sp³-hybridized carbons (Fsp3) is 0.773. The van der Waals surface area contributed by atoms with Crippen LogP contribution in [0.15, 0.2) is 12.2 Å². The van der Waals surface area contributed by atoms with E-state index in [-0.39, 0.29) is 52.9 Å². The first-order chi connectivity index (χ1) is 12.4. The molecular formula is C22H34O5. The summed E-state index contributed by atoms with van der Waals surface area (Å²) in [5.41, 5.74) is 0.128. The highest BCUT2D eigenvalue weighted by molar-refractivity contribution is 5.97. The van der Waals surface area contributed by atoms with Gasteiger partial charge in [0.1, 0.15) is 6.10 Å². The summed E-state index contributed by atoms with van der Waals surface area (Å²) in [6.07, 6.45) is 3.51. The molecule has 2 rings (SSSR count). The average Bonchev–Trinajstić information content (AvgIpc) is 2.54. The van der Waals surface area contributed by atoms with Crippen LogP contribution in [0.1, 0.15) is 73.1 Å². The topological polar surface area (TPSA) is 80.7 Å². The first-order valence-corrected chi connectivity index (χ1v) is 10.0. The van der Waals surface area contributed by atoms with Crippen molar-refractivity contribution in [3.8, 4) is 0 Å². The Morgan fingerprint density at radius 1 is 1.37 bits per heavy atom. The van der Waals surface area contributed by atoms with Gasteiger partial charge in [-0.1, -0.05) is 34.3 Å². The minimum Gasteiger partial charge on any atom is -0.481 e. The normalized spacial score (nSPS) is 37.4. The number of hydrogen-bond donors (Lipinski definition) is 1. The number of carbonyl (C=O) groups excluding carboxylic acids is 2. The summed E-state index contributed by atoms with van der Waals surface area (Å²) in [6, 6.07) is 0. The Kier molecular flexibility index (Phi) is 6.23. The highest BCUT2D eigenvalue weighted by atomic mass is 16.5. The van der Waals surface area contributed by atoms with E-state index >= 15 is 0 Å². The Hall–Kier alpha value is -1.65. The highest BCUT2D eigenvalue weighted by Gasteiger charge is 2.59. The second-order valence-corrected chi connectivity index (χ2v) is 9.30. The lowest BCUT2D eigenvalue weighted by atomic mass is 9.45. The standard InChI is InChI=1S/C22H34O5/c1-13(11-20(25)26)9-10-21(5)15(3)18(27-16(4)23)12-22(6)14(2)17(24)7-8-19(21)22/h13,15,18-19H,2,7-12H2,1,3-6H3,(H,25,26)/t13-,15-,18+,19-,21+,22-/m1/s1. The molecule has 0 aromatic rings. The Labute approximate surface area is 162 Å². The third-order valence-corrected chi connectivity index (χ3v) is 7.49. The van der Waals surface area contributed by atoms with Gasteiger partial charge in [0.2, 0.25) is 0 Å². The van der Waals surface area contributed by atoms with Crippen molar-refractivity contribution in [2.75, 3.05) is 0 Å². The van der Waals surface area contributed by atoms with Gasteiger partial charge in [-0.2, -0.15) is 0 Å². The predicted molar refractivity (Wildman–Crippen MR) is 103 cm³/mol. The van der Waals surface area contributed by atoms with Crippen molar-refractivity contribution < 1.29 is 24.2 Å². The van der Waals surface area contributed by atoms with Crippen LogP contribution in [0.4, 0.5) is 0 Å². The number of Topliss-reactive ketones (excluding diaryl/α,β-unsaturated/α-hetero) is 1. The van der Waals surface area contributed by atoms with Crippen LogP contribution in [0.25, 0.3) is 0 Å². The van der Waals surface area contributed by atoms with Crippen molar-refractivity contribution in [1.82, 2.24) is 0 Å². The van der Waals surface area contributed by atoms with Gasteiger partial charge in [0.15, 0.2) is 5.78 Å². The number of aliphatic carboxylic acids is 1. The third kappa shape index (κ3) is 4.12. The van der Waals surface area contributed by atoms with Crippen LogP contribution >= 0.6 is 0 Å². The molecule has 152 valence electrons. The number of ether oxygens (including phenoxy) is 1. The van der Waals surface area contributed by atoms with Crippen LogP contribution in [-0.4, -0.2) is 28.9 Å². The molecular weight excluding hydrogens is 344 g/mol. The summed E-state index contributed by atoms with van der Waals surface area (Å²) in [4.78, 5) is 35.1. The van der Waals surface area contributed by atoms with E-state index in [0.717, 1.165) is 19.3 Å².